The van der Waals surface area contributed by atoms with Gasteiger partial charge in [0.1, 0.15) is 11.8 Å². The van der Waals surface area contributed by atoms with Crippen LogP contribution in [0.25, 0.3) is 0 Å². The summed E-state index contributed by atoms with van der Waals surface area (Å²) >= 11 is 0. The van der Waals surface area contributed by atoms with Gasteiger partial charge >= 0.3 is 6.18 Å². The van der Waals surface area contributed by atoms with E-state index < -0.39 is 23.8 Å². The van der Waals surface area contributed by atoms with Crippen LogP contribution in [0.15, 0.2) is 78.9 Å². The van der Waals surface area contributed by atoms with Crippen LogP contribution in [0.2, 0.25) is 0 Å². The van der Waals surface area contributed by atoms with Gasteiger partial charge in [0.2, 0.25) is 6.10 Å². The highest BCUT2D eigenvalue weighted by atomic mass is 19.4. The molecule has 7 heteroatoms. The lowest BCUT2D eigenvalue weighted by Crippen LogP contribution is -2.26. The van der Waals surface area contributed by atoms with Crippen molar-refractivity contribution in [3.05, 3.63) is 95.6 Å². The molecule has 0 aromatic heterocycles. The summed E-state index contributed by atoms with van der Waals surface area (Å²) in [7, 11) is 0. The first-order valence-corrected chi connectivity index (χ1v) is 8.57. The smallest absolute Gasteiger partial charge is 0.416 e. The number of anilines is 1. The van der Waals surface area contributed by atoms with Gasteiger partial charge < -0.3 is 10.1 Å². The van der Waals surface area contributed by atoms with Gasteiger partial charge in [0.25, 0.3) is 5.91 Å². The van der Waals surface area contributed by atoms with E-state index in [4.69, 9.17) is 4.74 Å². The molecule has 1 N–H and O–H groups in total. The zero-order valence-electron chi connectivity index (χ0n) is 15.0. The summed E-state index contributed by atoms with van der Waals surface area (Å²) in [5, 5.41) is 11.7. The maximum atomic E-state index is 12.9. The molecular formula is C22H15F3N2O2. The number of amides is 1. The molecule has 0 spiro atoms. The van der Waals surface area contributed by atoms with E-state index in [1.807, 2.05) is 6.07 Å². The zero-order chi connectivity index (χ0) is 20.9. The summed E-state index contributed by atoms with van der Waals surface area (Å²) in [5.74, 6) is -0.466. The number of hydrogen-bond donors (Lipinski definition) is 1. The predicted molar refractivity (Wildman–Crippen MR) is 101 cm³/mol. The van der Waals surface area contributed by atoms with Crippen LogP contribution in [-0.4, -0.2) is 5.91 Å². The lowest BCUT2D eigenvalue weighted by atomic mass is 10.1. The van der Waals surface area contributed by atoms with Crippen molar-refractivity contribution >= 4 is 11.6 Å². The van der Waals surface area contributed by atoms with Gasteiger partial charge in [-0.2, -0.15) is 18.4 Å². The number of nitrogens with zero attached hydrogens (tertiary/aromatic N) is 1. The lowest BCUT2D eigenvalue weighted by Gasteiger charge is -2.20. The third-order valence-corrected chi connectivity index (χ3v) is 4.05. The summed E-state index contributed by atoms with van der Waals surface area (Å²) in [6.45, 7) is 0. The summed E-state index contributed by atoms with van der Waals surface area (Å²) < 4.78 is 44.6. The molecule has 3 aromatic rings. The number of alkyl halides is 3. The summed E-state index contributed by atoms with van der Waals surface area (Å²) in [6, 6.07) is 21.2. The van der Waals surface area contributed by atoms with Crippen LogP contribution in [-0.2, 0) is 11.0 Å². The second kappa shape index (κ2) is 8.48. The van der Waals surface area contributed by atoms with E-state index in [1.165, 1.54) is 12.1 Å². The summed E-state index contributed by atoms with van der Waals surface area (Å²) in [4.78, 5) is 12.9. The molecule has 0 aliphatic heterocycles. The van der Waals surface area contributed by atoms with E-state index in [1.54, 1.807) is 54.6 Å². The first kappa shape index (κ1) is 20.0. The Labute approximate surface area is 165 Å². The minimum Gasteiger partial charge on any atom is -0.474 e. The summed E-state index contributed by atoms with van der Waals surface area (Å²) in [5.41, 5.74) is -0.157. The van der Waals surface area contributed by atoms with Crippen molar-refractivity contribution in [1.29, 1.82) is 5.26 Å². The van der Waals surface area contributed by atoms with Crippen LogP contribution in [0.4, 0.5) is 18.9 Å². The van der Waals surface area contributed by atoms with E-state index in [2.05, 4.69) is 5.32 Å². The number of nitriles is 1. The van der Waals surface area contributed by atoms with Crippen molar-refractivity contribution < 1.29 is 22.7 Å². The highest BCUT2D eigenvalue weighted by Crippen LogP contribution is 2.31. The molecule has 0 saturated carbocycles. The Hall–Kier alpha value is -3.79. The Morgan fingerprint density at radius 2 is 1.66 bits per heavy atom. The maximum absolute atomic E-state index is 12.9. The van der Waals surface area contributed by atoms with Crippen molar-refractivity contribution in [2.45, 2.75) is 12.3 Å². The summed E-state index contributed by atoms with van der Waals surface area (Å²) in [6.07, 6.45) is -5.69. The van der Waals surface area contributed by atoms with Crippen molar-refractivity contribution in [3.8, 4) is 11.8 Å². The Kier molecular flexibility index (Phi) is 5.84. The zero-order valence-corrected chi connectivity index (χ0v) is 15.0. The van der Waals surface area contributed by atoms with Crippen molar-refractivity contribution in [2.24, 2.45) is 0 Å². The lowest BCUT2D eigenvalue weighted by molar-refractivity contribution is -0.137. The number of rotatable bonds is 5. The number of nitrogens with one attached hydrogen (secondary N) is 1. The molecule has 1 atom stereocenters. The van der Waals surface area contributed by atoms with E-state index in [0.717, 1.165) is 12.1 Å². The maximum Gasteiger partial charge on any atom is 0.416 e. The molecular weight excluding hydrogens is 381 g/mol. The van der Waals surface area contributed by atoms with Gasteiger partial charge in [-0.05, 0) is 30.3 Å². The monoisotopic (exact) mass is 396 g/mol. The largest absolute Gasteiger partial charge is 0.474 e. The first-order valence-electron chi connectivity index (χ1n) is 8.57. The Morgan fingerprint density at radius 3 is 2.34 bits per heavy atom. The molecule has 0 fully saturated rings. The van der Waals surface area contributed by atoms with Gasteiger partial charge in [-0.25, -0.2) is 0 Å². The first-order chi connectivity index (χ1) is 13.9. The van der Waals surface area contributed by atoms with Crippen LogP contribution >= 0.6 is 0 Å². The average Bonchev–Trinajstić information content (AvgIpc) is 2.72. The molecule has 0 aliphatic rings. The van der Waals surface area contributed by atoms with Crippen LogP contribution in [0.1, 0.15) is 22.8 Å². The van der Waals surface area contributed by atoms with Crippen LogP contribution in [0.5, 0.6) is 5.75 Å². The molecule has 0 unspecified atom stereocenters. The standard InChI is InChI=1S/C22H15F3N2O2/c23-22(24,25)17-10-6-11-18(13-17)27-21(28)20(15-7-2-1-3-8-15)29-19-12-5-4-9-16(19)14-26/h1-13,20H,(H,27,28)/t20-/m0/s1. The minimum absolute atomic E-state index is 0.0112. The number of para-hydroxylation sites is 1. The van der Waals surface area contributed by atoms with Gasteiger partial charge in [0.15, 0.2) is 0 Å². The molecule has 0 bridgehead atoms. The Balaban J connectivity index is 1.91. The third kappa shape index (κ3) is 4.93. The SMILES string of the molecule is N#Cc1ccccc1O[C@H](C(=O)Nc1cccc(C(F)(F)F)c1)c1ccccc1. The molecule has 0 radical (unpaired) electrons. The fraction of sp³-hybridized carbons (Fsp3) is 0.0909. The molecule has 0 aliphatic carbocycles. The Morgan fingerprint density at radius 1 is 0.966 bits per heavy atom. The van der Waals surface area contributed by atoms with E-state index in [-0.39, 0.29) is 17.0 Å². The topological polar surface area (TPSA) is 62.1 Å². The molecule has 146 valence electrons. The van der Waals surface area contributed by atoms with Gasteiger partial charge in [-0.3, -0.25) is 4.79 Å². The normalized spacial score (nSPS) is 11.9. The fourth-order valence-electron chi connectivity index (χ4n) is 2.67. The molecule has 4 nitrogen and oxygen atoms in total. The number of halogens is 3. The second-order valence-electron chi connectivity index (χ2n) is 6.08. The highest BCUT2D eigenvalue weighted by molar-refractivity contribution is 5.95. The van der Waals surface area contributed by atoms with Crippen molar-refractivity contribution in [2.75, 3.05) is 5.32 Å². The number of hydrogen-bond acceptors (Lipinski definition) is 3. The Bertz CT molecular complexity index is 1040. The van der Waals surface area contributed by atoms with Gasteiger partial charge in [0.05, 0.1) is 11.1 Å². The quantitative estimate of drug-likeness (QED) is 0.634. The molecule has 29 heavy (non-hydrogen) atoms. The highest BCUT2D eigenvalue weighted by Gasteiger charge is 2.31. The molecule has 3 aromatic carbocycles. The van der Waals surface area contributed by atoms with Gasteiger partial charge in [-0.1, -0.05) is 48.5 Å². The van der Waals surface area contributed by atoms with Gasteiger partial charge in [0, 0.05) is 11.3 Å². The van der Waals surface area contributed by atoms with Crippen LogP contribution < -0.4 is 10.1 Å². The molecule has 0 heterocycles. The van der Waals surface area contributed by atoms with Crippen LogP contribution in [0, 0.1) is 11.3 Å². The van der Waals surface area contributed by atoms with E-state index >= 15 is 0 Å². The number of benzene rings is 3. The number of carbonyl (C=O) groups is 1. The predicted octanol–water partition coefficient (Wildman–Crippen LogP) is 5.34. The third-order valence-electron chi connectivity index (χ3n) is 4.05. The van der Waals surface area contributed by atoms with Crippen LogP contribution in [0.3, 0.4) is 0 Å². The second-order valence-corrected chi connectivity index (χ2v) is 6.08. The van der Waals surface area contributed by atoms with Crippen molar-refractivity contribution in [3.63, 3.8) is 0 Å². The van der Waals surface area contributed by atoms with E-state index in [9.17, 15) is 23.2 Å². The molecule has 1 amide bonds. The van der Waals surface area contributed by atoms with E-state index in [0.29, 0.717) is 5.56 Å². The fourth-order valence-corrected chi connectivity index (χ4v) is 2.67. The average molecular weight is 396 g/mol. The number of ether oxygens (including phenoxy) is 1. The minimum atomic E-state index is -4.53. The van der Waals surface area contributed by atoms with Gasteiger partial charge in [-0.15, -0.1) is 0 Å². The van der Waals surface area contributed by atoms with Crippen molar-refractivity contribution in [1.82, 2.24) is 0 Å². The molecule has 3 rings (SSSR count). The molecule has 0 saturated heterocycles. The number of carbonyl (C=O) groups excluding carboxylic acids is 1.